The number of hydrogen-bond acceptors (Lipinski definition) is 5. The molecule has 1 heterocycles. The van der Waals surface area contributed by atoms with Gasteiger partial charge in [0.2, 0.25) is 0 Å². The maximum absolute atomic E-state index is 11.7. The van der Waals surface area contributed by atoms with Gasteiger partial charge in [0.1, 0.15) is 17.6 Å². The van der Waals surface area contributed by atoms with Crippen molar-refractivity contribution in [2.75, 3.05) is 0 Å². The van der Waals surface area contributed by atoms with Gasteiger partial charge in [0, 0.05) is 25.7 Å². The number of carbonyl (C=O) groups is 2. The minimum Gasteiger partial charge on any atom is -0.508 e. The summed E-state index contributed by atoms with van der Waals surface area (Å²) in [5.74, 6) is -0.718. The van der Waals surface area contributed by atoms with Crippen molar-refractivity contribution in [3.05, 3.63) is 29.8 Å². The molecule has 1 aromatic rings. The van der Waals surface area contributed by atoms with Crippen LogP contribution in [0, 0.1) is 0 Å². The summed E-state index contributed by atoms with van der Waals surface area (Å²) in [5, 5.41) is 21.7. The lowest BCUT2D eigenvalue weighted by Crippen LogP contribution is -2.14. The van der Waals surface area contributed by atoms with E-state index in [9.17, 15) is 14.7 Å². The number of oxime groups is 1. The molecule has 0 saturated heterocycles. The fraction of sp³-hybridized carbons (Fsp3) is 0.400. The Bertz CT molecular complexity index is 550. The molecular weight excluding hydrogens is 274 g/mol. The number of ketones is 1. The molecule has 112 valence electrons. The molecule has 6 nitrogen and oxygen atoms in total. The van der Waals surface area contributed by atoms with Gasteiger partial charge in [0.05, 0.1) is 5.71 Å². The van der Waals surface area contributed by atoms with Gasteiger partial charge in [-0.1, -0.05) is 5.16 Å². The van der Waals surface area contributed by atoms with Crippen molar-refractivity contribution in [2.45, 2.75) is 38.2 Å². The summed E-state index contributed by atoms with van der Waals surface area (Å²) in [6.07, 6.45) is 1.10. The molecule has 0 saturated carbocycles. The van der Waals surface area contributed by atoms with E-state index in [1.54, 1.807) is 24.3 Å². The number of hydrogen-bond donors (Lipinski definition) is 2. The highest BCUT2D eigenvalue weighted by atomic mass is 16.6. The van der Waals surface area contributed by atoms with Crippen LogP contribution in [0.1, 0.15) is 37.7 Å². The highest BCUT2D eigenvalue weighted by Gasteiger charge is 2.24. The molecule has 0 spiro atoms. The minimum absolute atomic E-state index is 0.00647. The smallest absolute Gasteiger partial charge is 0.303 e. The number of carbonyl (C=O) groups excluding carboxylic acids is 1. The summed E-state index contributed by atoms with van der Waals surface area (Å²) >= 11 is 0. The van der Waals surface area contributed by atoms with E-state index < -0.39 is 5.97 Å². The molecule has 21 heavy (non-hydrogen) atoms. The van der Waals surface area contributed by atoms with Crippen LogP contribution in [-0.4, -0.2) is 33.8 Å². The maximum Gasteiger partial charge on any atom is 0.303 e. The monoisotopic (exact) mass is 291 g/mol. The van der Waals surface area contributed by atoms with Gasteiger partial charge < -0.3 is 15.1 Å². The normalized spacial score (nSPS) is 17.1. The summed E-state index contributed by atoms with van der Waals surface area (Å²) in [6, 6.07) is 6.63. The number of Topliss-reactive ketones (excluding diaryl/α,β-unsaturated/α-hetero) is 1. The summed E-state index contributed by atoms with van der Waals surface area (Å²) < 4.78 is 0. The topological polar surface area (TPSA) is 96.2 Å². The van der Waals surface area contributed by atoms with Gasteiger partial charge in [0.25, 0.3) is 0 Å². The Hall–Kier alpha value is -2.37. The quantitative estimate of drug-likeness (QED) is 0.802. The summed E-state index contributed by atoms with van der Waals surface area (Å²) in [5.41, 5.74) is 1.60. The van der Waals surface area contributed by atoms with Crippen LogP contribution < -0.4 is 0 Å². The van der Waals surface area contributed by atoms with Crippen molar-refractivity contribution in [1.82, 2.24) is 0 Å². The third-order valence-corrected chi connectivity index (χ3v) is 3.24. The average Bonchev–Trinajstić information content (AvgIpc) is 2.87. The van der Waals surface area contributed by atoms with Crippen LogP contribution in [0.4, 0.5) is 0 Å². The van der Waals surface area contributed by atoms with Crippen LogP contribution in [-0.2, 0) is 14.4 Å². The van der Waals surface area contributed by atoms with Crippen LogP contribution in [0.5, 0.6) is 5.75 Å². The first-order valence-electron chi connectivity index (χ1n) is 6.80. The van der Waals surface area contributed by atoms with Crippen molar-refractivity contribution < 1.29 is 24.6 Å². The molecule has 6 heteroatoms. The van der Waals surface area contributed by atoms with Gasteiger partial charge >= 0.3 is 5.97 Å². The summed E-state index contributed by atoms with van der Waals surface area (Å²) in [4.78, 5) is 27.3. The van der Waals surface area contributed by atoms with E-state index in [1.165, 1.54) is 0 Å². The molecule has 2 rings (SSSR count). The zero-order valence-corrected chi connectivity index (χ0v) is 11.5. The minimum atomic E-state index is -0.891. The molecule has 1 aliphatic heterocycles. The highest BCUT2D eigenvalue weighted by Crippen LogP contribution is 2.21. The van der Waals surface area contributed by atoms with E-state index >= 15 is 0 Å². The predicted octanol–water partition coefficient (Wildman–Crippen LogP) is 2.10. The third-order valence-electron chi connectivity index (χ3n) is 3.24. The van der Waals surface area contributed by atoms with Crippen LogP contribution in [0.25, 0.3) is 0 Å². The summed E-state index contributed by atoms with van der Waals surface area (Å²) in [7, 11) is 0. The molecule has 0 amide bonds. The van der Waals surface area contributed by atoms with Crippen molar-refractivity contribution in [3.63, 3.8) is 0 Å². The fourth-order valence-electron chi connectivity index (χ4n) is 2.15. The van der Waals surface area contributed by atoms with Crippen molar-refractivity contribution >= 4 is 17.5 Å². The van der Waals surface area contributed by atoms with Crippen LogP contribution in [0.15, 0.2) is 29.4 Å². The lowest BCUT2D eigenvalue weighted by Gasteiger charge is -2.06. The lowest BCUT2D eigenvalue weighted by atomic mass is 10.0. The van der Waals surface area contributed by atoms with E-state index in [4.69, 9.17) is 9.94 Å². The number of phenols is 1. The zero-order valence-electron chi connectivity index (χ0n) is 11.5. The molecule has 0 bridgehead atoms. The van der Waals surface area contributed by atoms with Crippen LogP contribution in [0.2, 0.25) is 0 Å². The number of aliphatic carboxylic acids is 1. The molecule has 0 aromatic heterocycles. The van der Waals surface area contributed by atoms with Gasteiger partial charge in [-0.2, -0.15) is 0 Å². The van der Waals surface area contributed by atoms with Gasteiger partial charge in [-0.3, -0.25) is 9.59 Å². The number of rotatable bonds is 7. The number of phenolic OH excluding ortho intramolecular Hbond substituents is 1. The van der Waals surface area contributed by atoms with Gasteiger partial charge in [-0.05, 0) is 36.2 Å². The number of nitrogens with zero attached hydrogens (tertiary/aromatic N) is 1. The highest BCUT2D eigenvalue weighted by molar-refractivity contribution is 6.01. The first-order chi connectivity index (χ1) is 10.0. The Morgan fingerprint density at radius 1 is 1.24 bits per heavy atom. The summed E-state index contributed by atoms with van der Waals surface area (Å²) in [6.45, 7) is 0. The molecule has 1 aromatic carbocycles. The largest absolute Gasteiger partial charge is 0.508 e. The van der Waals surface area contributed by atoms with E-state index in [0.29, 0.717) is 12.8 Å². The van der Waals surface area contributed by atoms with Crippen LogP contribution >= 0.6 is 0 Å². The van der Waals surface area contributed by atoms with E-state index in [-0.39, 0.29) is 36.9 Å². The first kappa shape index (κ1) is 15.0. The van der Waals surface area contributed by atoms with Gasteiger partial charge in [-0.25, -0.2) is 0 Å². The van der Waals surface area contributed by atoms with E-state index in [2.05, 4.69) is 5.16 Å². The van der Waals surface area contributed by atoms with Gasteiger partial charge in [-0.15, -0.1) is 0 Å². The second kappa shape index (κ2) is 6.88. The predicted molar refractivity (Wildman–Crippen MR) is 75.2 cm³/mol. The molecule has 1 atom stereocenters. The third kappa shape index (κ3) is 4.59. The standard InChI is InChI=1S/C15H17NO5/c17-11-6-4-10(5-7-11)14-9-13(21-16-14)8-12(18)2-1-3-15(19)20/h4-7,13,17H,1-3,8-9H2,(H,19,20). The Balaban J connectivity index is 1.77. The lowest BCUT2D eigenvalue weighted by molar-refractivity contribution is -0.137. The molecule has 0 radical (unpaired) electrons. The van der Waals surface area contributed by atoms with E-state index in [0.717, 1.165) is 11.3 Å². The second-order valence-corrected chi connectivity index (χ2v) is 5.01. The van der Waals surface area contributed by atoms with E-state index in [1.807, 2.05) is 0 Å². The number of carboxylic acids is 1. The molecule has 0 aliphatic carbocycles. The van der Waals surface area contributed by atoms with Crippen molar-refractivity contribution in [3.8, 4) is 5.75 Å². The van der Waals surface area contributed by atoms with Gasteiger partial charge in [0.15, 0.2) is 0 Å². The van der Waals surface area contributed by atoms with Crippen molar-refractivity contribution in [1.29, 1.82) is 0 Å². The van der Waals surface area contributed by atoms with Crippen LogP contribution in [0.3, 0.4) is 0 Å². The Morgan fingerprint density at radius 3 is 2.62 bits per heavy atom. The number of carboxylic acid groups (broad SMARTS) is 1. The Labute approximate surface area is 122 Å². The SMILES string of the molecule is O=C(O)CCCC(=O)CC1CC(c2ccc(O)cc2)=NO1. The van der Waals surface area contributed by atoms with Crippen molar-refractivity contribution in [2.24, 2.45) is 5.16 Å². The number of benzene rings is 1. The zero-order chi connectivity index (χ0) is 15.2. The molecule has 1 aliphatic rings. The Morgan fingerprint density at radius 2 is 1.95 bits per heavy atom. The molecule has 1 unspecified atom stereocenters. The maximum atomic E-state index is 11.7. The number of aromatic hydroxyl groups is 1. The fourth-order valence-corrected chi connectivity index (χ4v) is 2.15. The Kier molecular flexibility index (Phi) is 4.92. The molecule has 2 N–H and O–H groups in total. The average molecular weight is 291 g/mol. The first-order valence-corrected chi connectivity index (χ1v) is 6.80. The molecule has 0 fully saturated rings. The second-order valence-electron chi connectivity index (χ2n) is 5.01. The molecular formula is C15H17NO5.